The third-order valence-corrected chi connectivity index (χ3v) is 5.38. The highest BCUT2D eigenvalue weighted by Crippen LogP contribution is 2.46. The molecule has 1 aliphatic heterocycles. The van der Waals surface area contributed by atoms with E-state index in [0.29, 0.717) is 5.56 Å². The fraction of sp³-hybridized carbons (Fsp3) is 0.588. The lowest BCUT2D eigenvalue weighted by molar-refractivity contribution is 0.0558. The first-order valence-corrected chi connectivity index (χ1v) is 7.79. The summed E-state index contributed by atoms with van der Waals surface area (Å²) in [5, 5.41) is 0. The number of nitrogens with zero attached hydrogens (tertiary/aromatic N) is 1. The molecule has 2 aliphatic rings. The molecule has 1 aliphatic carbocycles. The Balaban J connectivity index is 1.92. The number of hydrogen-bond acceptors (Lipinski definition) is 2. The highest BCUT2D eigenvalue weighted by molar-refractivity contribution is 5.92. The van der Waals surface area contributed by atoms with Gasteiger partial charge in [-0.1, -0.05) is 25.5 Å². The van der Waals surface area contributed by atoms with Crippen LogP contribution >= 0.6 is 0 Å². The van der Waals surface area contributed by atoms with Crippen LogP contribution in [0.3, 0.4) is 0 Å². The largest absolute Gasteiger partial charge is 0.366 e. The summed E-state index contributed by atoms with van der Waals surface area (Å²) in [6.07, 6.45) is 6.32. The van der Waals surface area contributed by atoms with Crippen molar-refractivity contribution in [3.8, 4) is 0 Å². The average Bonchev–Trinajstić information content (AvgIpc) is 2.48. The van der Waals surface area contributed by atoms with Crippen LogP contribution in [0.15, 0.2) is 24.3 Å². The quantitative estimate of drug-likeness (QED) is 0.919. The van der Waals surface area contributed by atoms with Gasteiger partial charge in [-0.2, -0.15) is 0 Å². The first kappa shape index (κ1) is 13.6. The molecular weight excluding hydrogens is 248 g/mol. The van der Waals surface area contributed by atoms with Gasteiger partial charge in [-0.15, -0.1) is 0 Å². The second kappa shape index (κ2) is 5.21. The number of amides is 1. The number of piperidine rings is 1. The number of fused-ring (bicyclic) bond motifs is 2. The van der Waals surface area contributed by atoms with Gasteiger partial charge in [0.2, 0.25) is 5.91 Å². The zero-order valence-electron chi connectivity index (χ0n) is 12.3. The Morgan fingerprint density at radius 1 is 1.45 bits per heavy atom. The van der Waals surface area contributed by atoms with Gasteiger partial charge in [0, 0.05) is 11.6 Å². The van der Waals surface area contributed by atoms with Crippen LogP contribution in [0.4, 0.5) is 0 Å². The minimum atomic E-state index is -0.318. The third kappa shape index (κ3) is 2.24. The van der Waals surface area contributed by atoms with Gasteiger partial charge in [0.25, 0.3) is 0 Å². The van der Waals surface area contributed by atoms with Gasteiger partial charge in [0.15, 0.2) is 0 Å². The lowest BCUT2D eigenvalue weighted by Crippen LogP contribution is -2.51. The highest BCUT2D eigenvalue weighted by atomic mass is 16.1. The molecule has 0 spiro atoms. The van der Waals surface area contributed by atoms with Gasteiger partial charge < -0.3 is 10.6 Å². The molecule has 2 unspecified atom stereocenters. The molecule has 1 aromatic carbocycles. The predicted molar refractivity (Wildman–Crippen MR) is 80.8 cm³/mol. The van der Waals surface area contributed by atoms with Crippen molar-refractivity contribution < 1.29 is 4.79 Å². The molecule has 3 heteroatoms. The van der Waals surface area contributed by atoms with Gasteiger partial charge in [-0.25, -0.2) is 0 Å². The zero-order valence-corrected chi connectivity index (χ0v) is 12.3. The molecule has 2 bridgehead atoms. The summed E-state index contributed by atoms with van der Waals surface area (Å²) in [6, 6.07) is 8.76. The molecule has 1 heterocycles. The Labute approximate surface area is 121 Å². The summed E-state index contributed by atoms with van der Waals surface area (Å²) in [5.41, 5.74) is 7.69. The Hall–Kier alpha value is -1.35. The molecule has 20 heavy (non-hydrogen) atoms. The molecule has 1 saturated carbocycles. The summed E-state index contributed by atoms with van der Waals surface area (Å²) in [7, 11) is 0. The van der Waals surface area contributed by atoms with Crippen LogP contribution in [0.5, 0.6) is 0 Å². The minimum absolute atomic E-state index is 0.278. The van der Waals surface area contributed by atoms with E-state index in [-0.39, 0.29) is 11.3 Å². The topological polar surface area (TPSA) is 46.3 Å². The molecule has 0 aromatic heterocycles. The number of hydrogen-bond donors (Lipinski definition) is 1. The van der Waals surface area contributed by atoms with Gasteiger partial charge in [-0.05, 0) is 61.9 Å². The number of nitrogens with two attached hydrogens (primary N) is 1. The molecule has 1 amide bonds. The average molecular weight is 272 g/mol. The van der Waals surface area contributed by atoms with E-state index in [9.17, 15) is 4.79 Å². The van der Waals surface area contributed by atoms with Gasteiger partial charge >= 0.3 is 0 Å². The summed E-state index contributed by atoms with van der Waals surface area (Å²) in [6.45, 7) is 4.60. The number of carbonyl (C=O) groups excluding carboxylic acids is 1. The van der Waals surface area contributed by atoms with E-state index in [2.05, 4.69) is 17.9 Å². The summed E-state index contributed by atoms with van der Waals surface area (Å²) in [4.78, 5) is 14.0. The fourth-order valence-corrected chi connectivity index (χ4v) is 4.24. The Kier molecular flexibility index (Phi) is 3.55. The van der Waals surface area contributed by atoms with Crippen molar-refractivity contribution in [3.63, 3.8) is 0 Å². The molecule has 1 saturated heterocycles. The monoisotopic (exact) mass is 272 g/mol. The van der Waals surface area contributed by atoms with Crippen LogP contribution in [0.25, 0.3) is 0 Å². The third-order valence-electron chi connectivity index (χ3n) is 5.38. The van der Waals surface area contributed by atoms with Crippen LogP contribution in [-0.4, -0.2) is 29.9 Å². The molecule has 2 fully saturated rings. The minimum Gasteiger partial charge on any atom is -0.366 e. The number of benzene rings is 1. The van der Waals surface area contributed by atoms with Crippen molar-refractivity contribution in [2.24, 2.45) is 5.73 Å². The number of carbonyl (C=O) groups is 1. The van der Waals surface area contributed by atoms with Gasteiger partial charge in [0.1, 0.15) is 0 Å². The number of rotatable bonds is 3. The fourth-order valence-electron chi connectivity index (χ4n) is 4.24. The molecule has 2 atom stereocenters. The predicted octanol–water partition coefficient (Wildman–Crippen LogP) is 2.69. The van der Waals surface area contributed by atoms with E-state index >= 15 is 0 Å². The van der Waals surface area contributed by atoms with E-state index in [1.165, 1.54) is 44.2 Å². The van der Waals surface area contributed by atoms with Crippen LogP contribution in [0.2, 0.25) is 0 Å². The molecule has 3 nitrogen and oxygen atoms in total. The van der Waals surface area contributed by atoms with Crippen LogP contribution in [-0.2, 0) is 5.41 Å². The van der Waals surface area contributed by atoms with Gasteiger partial charge in [0.05, 0.1) is 0 Å². The number of primary amides is 1. The molecule has 0 radical (unpaired) electrons. The lowest BCUT2D eigenvalue weighted by Gasteiger charge is -2.50. The molecule has 3 rings (SSSR count). The van der Waals surface area contributed by atoms with E-state index in [1.54, 1.807) is 0 Å². The van der Waals surface area contributed by atoms with E-state index in [0.717, 1.165) is 12.6 Å². The summed E-state index contributed by atoms with van der Waals surface area (Å²) in [5.74, 6) is -0.318. The van der Waals surface area contributed by atoms with E-state index < -0.39 is 0 Å². The maximum Gasteiger partial charge on any atom is 0.248 e. The normalized spacial score (nSPS) is 30.1. The van der Waals surface area contributed by atoms with Gasteiger partial charge in [-0.3, -0.25) is 4.79 Å². The Bertz CT molecular complexity index is 513. The molecule has 2 N–H and O–H groups in total. The first-order valence-electron chi connectivity index (χ1n) is 7.79. The maximum absolute atomic E-state index is 11.4. The van der Waals surface area contributed by atoms with Crippen molar-refractivity contribution in [2.45, 2.75) is 50.5 Å². The Morgan fingerprint density at radius 2 is 2.30 bits per heavy atom. The standard InChI is InChI=1S/C17H24N2O/c1-2-19-10-9-17(8-4-7-15(19)12-17)14-6-3-5-13(11-14)16(18)20/h3,5-6,11,15H,2,4,7-10,12H2,1H3,(H2,18,20). The van der Waals surface area contributed by atoms with Crippen LogP contribution < -0.4 is 5.73 Å². The Morgan fingerprint density at radius 3 is 3.05 bits per heavy atom. The van der Waals surface area contributed by atoms with Crippen molar-refractivity contribution in [2.75, 3.05) is 13.1 Å². The summed E-state index contributed by atoms with van der Waals surface area (Å²) < 4.78 is 0. The summed E-state index contributed by atoms with van der Waals surface area (Å²) >= 11 is 0. The van der Waals surface area contributed by atoms with E-state index in [1.807, 2.05) is 18.2 Å². The first-order chi connectivity index (χ1) is 9.64. The van der Waals surface area contributed by atoms with Crippen molar-refractivity contribution >= 4 is 5.91 Å². The lowest BCUT2D eigenvalue weighted by atomic mass is 9.63. The second-order valence-electron chi connectivity index (χ2n) is 6.35. The molecule has 1 aromatic rings. The zero-order chi connectivity index (χ0) is 14.2. The van der Waals surface area contributed by atoms with Crippen molar-refractivity contribution in [3.05, 3.63) is 35.4 Å². The van der Waals surface area contributed by atoms with Crippen LogP contribution in [0.1, 0.15) is 54.9 Å². The smallest absolute Gasteiger partial charge is 0.248 e. The molecular formula is C17H24N2O. The molecule has 108 valence electrons. The SMILES string of the molecule is CCN1CCC2(c3cccc(C(N)=O)c3)CCCC1C2. The highest BCUT2D eigenvalue weighted by Gasteiger charge is 2.43. The van der Waals surface area contributed by atoms with Crippen LogP contribution in [0, 0.1) is 0 Å². The van der Waals surface area contributed by atoms with Crippen molar-refractivity contribution in [1.82, 2.24) is 4.90 Å². The maximum atomic E-state index is 11.4. The number of likely N-dealkylation sites (tertiary alicyclic amines) is 1. The van der Waals surface area contributed by atoms with Crippen molar-refractivity contribution in [1.29, 1.82) is 0 Å². The van der Waals surface area contributed by atoms with E-state index in [4.69, 9.17) is 5.73 Å². The second-order valence-corrected chi connectivity index (χ2v) is 6.35.